The van der Waals surface area contributed by atoms with Crippen molar-refractivity contribution in [3.8, 4) is 0 Å². The molecule has 2 amide bonds. The summed E-state index contributed by atoms with van der Waals surface area (Å²) in [5.41, 5.74) is 5.45. The Hall–Kier alpha value is -1.81. The van der Waals surface area contributed by atoms with E-state index in [0.29, 0.717) is 12.4 Å². The van der Waals surface area contributed by atoms with Gasteiger partial charge >= 0.3 is 13.2 Å². The van der Waals surface area contributed by atoms with E-state index in [2.05, 4.69) is 15.0 Å². The van der Waals surface area contributed by atoms with Crippen molar-refractivity contribution in [3.05, 3.63) is 0 Å². The largest absolute Gasteiger partial charge is 0.484 e. The zero-order chi connectivity index (χ0) is 22.9. The molecule has 0 bridgehead atoms. The molecule has 0 aromatic carbocycles. The number of likely N-dealkylation sites (tertiary alicyclic amines) is 1. The number of ether oxygens (including phenoxy) is 1. The molecule has 10 heteroatoms. The van der Waals surface area contributed by atoms with Crippen LogP contribution >= 0.6 is 0 Å². The Bertz CT molecular complexity index is 666. The minimum Gasteiger partial charge on any atom is -0.453 e. The summed E-state index contributed by atoms with van der Waals surface area (Å²) < 4.78 is 16.8. The number of nitrogens with zero attached hydrogens (tertiary/aromatic N) is 2. The highest BCUT2D eigenvalue weighted by molar-refractivity contribution is 6.47. The van der Waals surface area contributed by atoms with Gasteiger partial charge < -0.3 is 30.0 Å². The van der Waals surface area contributed by atoms with Gasteiger partial charge in [-0.15, -0.1) is 0 Å². The molecule has 3 N–H and O–H groups in total. The van der Waals surface area contributed by atoms with Crippen LogP contribution in [0.1, 0.15) is 61.3 Å². The van der Waals surface area contributed by atoms with Crippen LogP contribution in [0, 0.1) is 5.92 Å². The molecular formula is C20H37BN4O5. The highest BCUT2D eigenvalue weighted by Crippen LogP contribution is 2.38. The van der Waals surface area contributed by atoms with Crippen molar-refractivity contribution >= 4 is 25.0 Å². The second-order valence-corrected chi connectivity index (χ2v) is 9.47. The third kappa shape index (κ3) is 5.08. The van der Waals surface area contributed by atoms with Gasteiger partial charge in [-0.3, -0.25) is 9.79 Å². The predicted octanol–water partition coefficient (Wildman–Crippen LogP) is 1.74. The van der Waals surface area contributed by atoms with Crippen LogP contribution in [0.5, 0.6) is 0 Å². The third-order valence-corrected chi connectivity index (χ3v) is 6.29. The third-order valence-electron chi connectivity index (χ3n) is 6.29. The number of amides is 2. The van der Waals surface area contributed by atoms with Crippen molar-refractivity contribution < 1.29 is 23.6 Å². The van der Waals surface area contributed by atoms with Crippen molar-refractivity contribution in [1.82, 2.24) is 10.2 Å². The van der Waals surface area contributed by atoms with Gasteiger partial charge in [-0.05, 0) is 53.4 Å². The lowest BCUT2D eigenvalue weighted by Crippen LogP contribution is -2.55. The van der Waals surface area contributed by atoms with Gasteiger partial charge in [-0.1, -0.05) is 13.8 Å². The highest BCUT2D eigenvalue weighted by Gasteiger charge is 2.53. The molecule has 2 fully saturated rings. The van der Waals surface area contributed by atoms with Crippen molar-refractivity contribution in [2.45, 2.75) is 90.5 Å². The SMILES string of the molecule is COC(=O)N[C@H](C(=O)N1CCC[C@H]1C(N)=NC(C)B1OC(C)(C)C(C)(C)O1)C(C)C. The molecule has 2 saturated heterocycles. The monoisotopic (exact) mass is 424 g/mol. The standard InChI is InChI=1S/C20H37BN4O5/c1-12(2)15(24-18(27)28-8)17(26)25-11-9-10-14(25)16(22)23-13(3)21-29-19(4,5)20(6,7)30-21/h12-15H,9-11H2,1-8H3,(H2,22,23)(H,24,27)/t13?,14-,15-/m0/s1. The molecule has 2 aliphatic heterocycles. The number of nitrogens with two attached hydrogens (primary N) is 1. The quantitative estimate of drug-likeness (QED) is 0.381. The number of hydrogen-bond donors (Lipinski definition) is 2. The first-order chi connectivity index (χ1) is 13.8. The molecule has 1 unspecified atom stereocenters. The summed E-state index contributed by atoms with van der Waals surface area (Å²) in [5, 5.41) is 2.63. The van der Waals surface area contributed by atoms with Crippen LogP contribution in [0.15, 0.2) is 4.99 Å². The van der Waals surface area contributed by atoms with Gasteiger partial charge in [0.1, 0.15) is 11.9 Å². The number of hydrogen-bond acceptors (Lipinski definition) is 6. The first kappa shape index (κ1) is 24.5. The van der Waals surface area contributed by atoms with Gasteiger partial charge in [0.2, 0.25) is 5.91 Å². The molecule has 2 rings (SSSR count). The van der Waals surface area contributed by atoms with E-state index in [1.165, 1.54) is 7.11 Å². The predicted molar refractivity (Wildman–Crippen MR) is 116 cm³/mol. The summed E-state index contributed by atoms with van der Waals surface area (Å²) in [4.78, 5) is 31.2. The highest BCUT2D eigenvalue weighted by atomic mass is 16.7. The Kier molecular flexibility index (Phi) is 7.45. The van der Waals surface area contributed by atoms with Crippen molar-refractivity contribution in [2.24, 2.45) is 16.6 Å². The van der Waals surface area contributed by atoms with E-state index in [9.17, 15) is 9.59 Å². The minimum absolute atomic E-state index is 0.0975. The van der Waals surface area contributed by atoms with Crippen molar-refractivity contribution in [3.63, 3.8) is 0 Å². The molecule has 0 saturated carbocycles. The van der Waals surface area contributed by atoms with Gasteiger partial charge in [0.15, 0.2) is 0 Å². The first-order valence-corrected chi connectivity index (χ1v) is 10.6. The fourth-order valence-corrected chi connectivity index (χ4v) is 3.68. The second-order valence-electron chi connectivity index (χ2n) is 9.47. The van der Waals surface area contributed by atoms with Crippen LogP contribution in [0.2, 0.25) is 0 Å². The smallest absolute Gasteiger partial charge is 0.453 e. The minimum atomic E-state index is -0.689. The van der Waals surface area contributed by atoms with Gasteiger partial charge in [-0.25, -0.2) is 4.79 Å². The van der Waals surface area contributed by atoms with Crippen LogP contribution in [-0.4, -0.2) is 72.7 Å². The molecule has 0 spiro atoms. The lowest BCUT2D eigenvalue weighted by molar-refractivity contribution is -0.134. The summed E-state index contributed by atoms with van der Waals surface area (Å²) in [6, 6.07) is -1.01. The van der Waals surface area contributed by atoms with Crippen molar-refractivity contribution in [1.29, 1.82) is 0 Å². The zero-order valence-corrected chi connectivity index (χ0v) is 19.5. The Morgan fingerprint density at radius 3 is 2.27 bits per heavy atom. The number of alkyl carbamates (subject to hydrolysis) is 1. The zero-order valence-electron chi connectivity index (χ0n) is 19.5. The van der Waals surface area contributed by atoms with Crippen LogP contribution in [0.3, 0.4) is 0 Å². The lowest BCUT2D eigenvalue weighted by atomic mass is 9.80. The Morgan fingerprint density at radius 1 is 1.20 bits per heavy atom. The molecule has 0 aromatic rings. The molecule has 9 nitrogen and oxygen atoms in total. The number of amidine groups is 1. The number of rotatable bonds is 6. The summed E-state index contributed by atoms with van der Waals surface area (Å²) in [5.74, 6) is -0.222. The maximum Gasteiger partial charge on any atom is 0.484 e. The molecule has 0 radical (unpaired) electrons. The average Bonchev–Trinajstić information content (AvgIpc) is 3.21. The Balaban J connectivity index is 2.13. The molecule has 30 heavy (non-hydrogen) atoms. The number of aliphatic imine (C=N–C) groups is 1. The van der Waals surface area contributed by atoms with E-state index in [0.717, 1.165) is 12.8 Å². The second kappa shape index (κ2) is 9.14. The summed E-state index contributed by atoms with van der Waals surface area (Å²) >= 11 is 0. The summed E-state index contributed by atoms with van der Waals surface area (Å²) in [6.45, 7) is 14.2. The fraction of sp³-hybridized carbons (Fsp3) is 0.850. The first-order valence-electron chi connectivity index (χ1n) is 10.6. The Labute approximate surface area is 180 Å². The van der Waals surface area contributed by atoms with E-state index in [4.69, 9.17) is 15.0 Å². The summed E-state index contributed by atoms with van der Waals surface area (Å²) in [6.07, 6.45) is 0.912. The van der Waals surface area contributed by atoms with E-state index in [1.807, 2.05) is 48.5 Å². The number of methoxy groups -OCH3 is 1. The van der Waals surface area contributed by atoms with Crippen LogP contribution in [-0.2, 0) is 18.8 Å². The molecule has 3 atom stereocenters. The van der Waals surface area contributed by atoms with Gasteiger partial charge in [0.05, 0.1) is 30.3 Å². The van der Waals surface area contributed by atoms with Gasteiger partial charge in [-0.2, -0.15) is 0 Å². The number of carbonyl (C=O) groups is 2. The van der Waals surface area contributed by atoms with Crippen molar-refractivity contribution in [2.75, 3.05) is 13.7 Å². The van der Waals surface area contributed by atoms with Gasteiger partial charge in [0.25, 0.3) is 0 Å². The van der Waals surface area contributed by atoms with E-state index >= 15 is 0 Å². The normalized spacial score (nSPS) is 25.4. The van der Waals surface area contributed by atoms with E-state index in [-0.39, 0.29) is 23.8 Å². The maximum atomic E-state index is 13.2. The number of carbonyl (C=O) groups excluding carboxylic acids is 2. The van der Waals surface area contributed by atoms with Gasteiger partial charge in [0, 0.05) is 6.54 Å². The lowest BCUT2D eigenvalue weighted by Gasteiger charge is -2.32. The summed E-state index contributed by atoms with van der Waals surface area (Å²) in [7, 11) is 0.765. The molecule has 0 aromatic heterocycles. The molecule has 2 aliphatic rings. The average molecular weight is 424 g/mol. The molecular weight excluding hydrogens is 387 g/mol. The van der Waals surface area contributed by atoms with E-state index in [1.54, 1.807) is 4.90 Å². The topological polar surface area (TPSA) is 115 Å². The molecule has 170 valence electrons. The van der Waals surface area contributed by atoms with Crippen LogP contribution in [0.25, 0.3) is 0 Å². The number of nitrogens with one attached hydrogen (secondary N) is 1. The van der Waals surface area contributed by atoms with Crippen LogP contribution < -0.4 is 11.1 Å². The molecule has 0 aliphatic carbocycles. The van der Waals surface area contributed by atoms with Crippen LogP contribution in [0.4, 0.5) is 4.79 Å². The fourth-order valence-electron chi connectivity index (χ4n) is 3.68. The Morgan fingerprint density at radius 2 is 1.77 bits per heavy atom. The molecule has 2 heterocycles. The van der Waals surface area contributed by atoms with E-state index < -0.39 is 30.5 Å². The maximum absolute atomic E-state index is 13.2.